The van der Waals surface area contributed by atoms with Gasteiger partial charge < -0.3 is 31.0 Å². The molecular formula is C25H20N4O5. The Labute approximate surface area is 194 Å². The minimum absolute atomic E-state index is 0.116. The highest BCUT2D eigenvalue weighted by Crippen LogP contribution is 2.40. The van der Waals surface area contributed by atoms with Gasteiger partial charge in [0.05, 0.1) is 29.6 Å². The fourth-order valence-electron chi connectivity index (χ4n) is 3.88. The Morgan fingerprint density at radius 3 is 2.56 bits per heavy atom. The van der Waals surface area contributed by atoms with Crippen molar-refractivity contribution in [1.29, 1.82) is 0 Å². The zero-order valence-electron chi connectivity index (χ0n) is 18.1. The zero-order chi connectivity index (χ0) is 23.8. The van der Waals surface area contributed by atoms with E-state index in [9.17, 15) is 9.59 Å². The van der Waals surface area contributed by atoms with E-state index in [0.29, 0.717) is 50.8 Å². The molecule has 1 aliphatic heterocycles. The average Bonchev–Trinajstić information content (AvgIpc) is 3.31. The maximum atomic E-state index is 12.8. The minimum atomic E-state index is -0.697. The smallest absolute Gasteiger partial charge is 0.253 e. The van der Waals surface area contributed by atoms with Crippen LogP contribution in [-0.4, -0.2) is 30.7 Å². The summed E-state index contributed by atoms with van der Waals surface area (Å²) in [5.41, 5.74) is 14.3. The molecule has 170 valence electrons. The Kier molecular flexibility index (Phi) is 5.14. The second-order valence-corrected chi connectivity index (χ2v) is 7.60. The van der Waals surface area contributed by atoms with Crippen molar-refractivity contribution in [2.24, 2.45) is 11.5 Å². The molecular weight excluding hydrogens is 436 g/mol. The van der Waals surface area contributed by atoms with Gasteiger partial charge in [0.1, 0.15) is 5.75 Å². The molecule has 34 heavy (non-hydrogen) atoms. The highest BCUT2D eigenvalue weighted by molar-refractivity contribution is 6.13. The standard InChI is InChI=1S/C25H20N4O5/c1-32-16-4-2-3-15(11-16)28-23-17-9-14(24(26)30)5-7-18(17)29-22(21(23)25(27)31)13-6-8-19-20(10-13)34-12-33-19/h2-11H,12H2,1H3,(H2,26,30)(H2,27,31)(H,28,29). The van der Waals surface area contributed by atoms with Crippen LogP contribution in [0, 0.1) is 0 Å². The van der Waals surface area contributed by atoms with Gasteiger partial charge in [-0.15, -0.1) is 0 Å². The number of carbonyl (C=O) groups is 2. The summed E-state index contributed by atoms with van der Waals surface area (Å²) in [5.74, 6) is 0.469. The Hall–Kier alpha value is -4.79. The molecule has 3 aromatic carbocycles. The van der Waals surface area contributed by atoms with Crippen LogP contribution in [0.15, 0.2) is 60.7 Å². The van der Waals surface area contributed by atoms with Gasteiger partial charge in [-0.1, -0.05) is 6.07 Å². The molecule has 2 heterocycles. The van der Waals surface area contributed by atoms with E-state index < -0.39 is 11.8 Å². The second kappa shape index (κ2) is 8.28. The van der Waals surface area contributed by atoms with Crippen LogP contribution in [0.3, 0.4) is 0 Å². The zero-order valence-corrected chi connectivity index (χ0v) is 18.1. The molecule has 0 unspecified atom stereocenters. The number of hydrogen-bond donors (Lipinski definition) is 3. The summed E-state index contributed by atoms with van der Waals surface area (Å²) in [5, 5.41) is 3.78. The number of nitrogens with one attached hydrogen (secondary N) is 1. The lowest BCUT2D eigenvalue weighted by atomic mass is 9.98. The first kappa shape index (κ1) is 21.1. The molecule has 0 saturated heterocycles. The van der Waals surface area contributed by atoms with Gasteiger partial charge in [-0.05, 0) is 48.5 Å². The fraction of sp³-hybridized carbons (Fsp3) is 0.0800. The van der Waals surface area contributed by atoms with Gasteiger partial charge >= 0.3 is 0 Å². The molecule has 5 N–H and O–H groups in total. The number of amides is 2. The number of methoxy groups -OCH3 is 1. The Morgan fingerprint density at radius 2 is 1.79 bits per heavy atom. The second-order valence-electron chi connectivity index (χ2n) is 7.60. The van der Waals surface area contributed by atoms with E-state index in [4.69, 9.17) is 30.7 Å². The number of primary amides is 2. The molecule has 9 nitrogen and oxygen atoms in total. The number of nitrogens with two attached hydrogens (primary N) is 2. The van der Waals surface area contributed by atoms with E-state index in [1.165, 1.54) is 0 Å². The van der Waals surface area contributed by atoms with Gasteiger partial charge in [-0.25, -0.2) is 4.98 Å². The highest BCUT2D eigenvalue weighted by atomic mass is 16.7. The van der Waals surface area contributed by atoms with Gasteiger partial charge in [0.15, 0.2) is 11.5 Å². The van der Waals surface area contributed by atoms with E-state index in [0.717, 1.165) is 0 Å². The highest BCUT2D eigenvalue weighted by Gasteiger charge is 2.24. The first-order chi connectivity index (χ1) is 16.4. The van der Waals surface area contributed by atoms with E-state index >= 15 is 0 Å². The molecule has 9 heteroatoms. The Balaban J connectivity index is 1.79. The molecule has 0 radical (unpaired) electrons. The molecule has 2 amide bonds. The van der Waals surface area contributed by atoms with Gasteiger partial charge in [-0.2, -0.15) is 0 Å². The van der Waals surface area contributed by atoms with Crippen molar-refractivity contribution < 1.29 is 23.8 Å². The Bertz CT molecular complexity index is 1470. The third kappa shape index (κ3) is 3.69. The van der Waals surface area contributed by atoms with Crippen molar-refractivity contribution in [2.75, 3.05) is 19.2 Å². The topological polar surface area (TPSA) is 139 Å². The molecule has 5 rings (SSSR count). The molecule has 0 fully saturated rings. The lowest BCUT2D eigenvalue weighted by Crippen LogP contribution is -2.17. The minimum Gasteiger partial charge on any atom is -0.497 e. The number of benzene rings is 3. The molecule has 1 aromatic heterocycles. The summed E-state index contributed by atoms with van der Waals surface area (Å²) in [6.07, 6.45) is 0. The van der Waals surface area contributed by atoms with Crippen LogP contribution >= 0.6 is 0 Å². The third-order valence-corrected chi connectivity index (χ3v) is 5.50. The predicted octanol–water partition coefficient (Wildman–Crippen LogP) is 3.58. The summed E-state index contributed by atoms with van der Waals surface area (Å²) >= 11 is 0. The fourth-order valence-corrected chi connectivity index (χ4v) is 3.88. The summed E-state index contributed by atoms with van der Waals surface area (Å²) < 4.78 is 16.2. The number of rotatable bonds is 6. The first-order valence-electron chi connectivity index (χ1n) is 10.3. The number of carbonyl (C=O) groups excluding carboxylic acids is 2. The lowest BCUT2D eigenvalue weighted by Gasteiger charge is -2.18. The summed E-state index contributed by atoms with van der Waals surface area (Å²) in [6, 6.07) is 17.3. The van der Waals surface area contributed by atoms with Gasteiger partial charge in [0.2, 0.25) is 12.7 Å². The molecule has 0 spiro atoms. The Morgan fingerprint density at radius 1 is 0.971 bits per heavy atom. The van der Waals surface area contributed by atoms with E-state index in [-0.39, 0.29) is 17.9 Å². The third-order valence-electron chi connectivity index (χ3n) is 5.50. The van der Waals surface area contributed by atoms with Crippen molar-refractivity contribution in [3.05, 3.63) is 71.8 Å². The molecule has 0 aliphatic carbocycles. The number of nitrogens with zero attached hydrogens (tertiary/aromatic N) is 1. The van der Waals surface area contributed by atoms with Crippen LogP contribution in [0.2, 0.25) is 0 Å². The SMILES string of the molecule is COc1cccc(Nc2c(C(N)=O)c(-c3ccc4c(c3)OCO4)nc3ccc(C(N)=O)cc23)c1. The van der Waals surface area contributed by atoms with Crippen molar-refractivity contribution in [1.82, 2.24) is 4.98 Å². The van der Waals surface area contributed by atoms with E-state index in [1.807, 2.05) is 12.1 Å². The van der Waals surface area contributed by atoms with Crippen LogP contribution in [0.5, 0.6) is 17.2 Å². The van der Waals surface area contributed by atoms with Gasteiger partial charge in [0.25, 0.3) is 5.91 Å². The van der Waals surface area contributed by atoms with Gasteiger partial charge in [0, 0.05) is 28.3 Å². The van der Waals surface area contributed by atoms with Crippen LogP contribution in [0.1, 0.15) is 20.7 Å². The number of fused-ring (bicyclic) bond motifs is 2. The average molecular weight is 456 g/mol. The van der Waals surface area contributed by atoms with Crippen LogP contribution < -0.4 is 31.0 Å². The van der Waals surface area contributed by atoms with Crippen LogP contribution in [-0.2, 0) is 0 Å². The van der Waals surface area contributed by atoms with E-state index in [2.05, 4.69) is 5.32 Å². The van der Waals surface area contributed by atoms with Crippen molar-refractivity contribution >= 4 is 34.1 Å². The van der Waals surface area contributed by atoms with Crippen LogP contribution in [0.25, 0.3) is 22.2 Å². The number of aromatic nitrogens is 1. The lowest BCUT2D eigenvalue weighted by molar-refractivity contribution is 0.0993. The number of ether oxygens (including phenoxy) is 3. The van der Waals surface area contributed by atoms with Crippen molar-refractivity contribution in [3.8, 4) is 28.5 Å². The summed E-state index contributed by atoms with van der Waals surface area (Å²) in [4.78, 5) is 29.4. The quantitative estimate of drug-likeness (QED) is 0.403. The summed E-state index contributed by atoms with van der Waals surface area (Å²) in [7, 11) is 1.56. The van der Waals surface area contributed by atoms with E-state index in [1.54, 1.807) is 55.6 Å². The normalized spacial score (nSPS) is 11.9. The monoisotopic (exact) mass is 456 g/mol. The molecule has 4 aromatic rings. The van der Waals surface area contributed by atoms with Crippen LogP contribution in [0.4, 0.5) is 11.4 Å². The van der Waals surface area contributed by atoms with Gasteiger partial charge in [-0.3, -0.25) is 9.59 Å². The van der Waals surface area contributed by atoms with Crippen molar-refractivity contribution in [3.63, 3.8) is 0 Å². The number of pyridine rings is 1. The maximum absolute atomic E-state index is 12.8. The first-order valence-corrected chi connectivity index (χ1v) is 10.3. The molecule has 1 aliphatic rings. The maximum Gasteiger partial charge on any atom is 0.253 e. The van der Waals surface area contributed by atoms with Crippen molar-refractivity contribution in [2.45, 2.75) is 0 Å². The number of anilines is 2. The molecule has 0 atom stereocenters. The molecule has 0 bridgehead atoms. The molecule has 0 saturated carbocycles. The summed E-state index contributed by atoms with van der Waals surface area (Å²) in [6.45, 7) is 0.116. The predicted molar refractivity (Wildman–Crippen MR) is 127 cm³/mol. The number of hydrogen-bond acceptors (Lipinski definition) is 7. The largest absolute Gasteiger partial charge is 0.497 e.